The first-order valence-corrected chi connectivity index (χ1v) is 6.21. The molecule has 2 atom stereocenters. The van der Waals surface area contributed by atoms with E-state index in [2.05, 4.69) is 6.58 Å². The Kier molecular flexibility index (Phi) is 3.47. The average molecular weight is 210 g/mol. The SMILES string of the molecule is C=CCCCCC1(O)CC2CCC(C1)O2. The minimum Gasteiger partial charge on any atom is -0.390 e. The fourth-order valence-corrected chi connectivity index (χ4v) is 2.96. The second kappa shape index (κ2) is 4.67. The lowest BCUT2D eigenvalue weighted by Crippen LogP contribution is -2.40. The van der Waals surface area contributed by atoms with Gasteiger partial charge in [0, 0.05) is 12.8 Å². The standard InChI is InChI=1S/C13H22O2/c1-2-3-4-5-8-13(14)9-11-6-7-12(10-13)15-11/h2,11-12,14H,1,3-10H2. The van der Waals surface area contributed by atoms with Crippen LogP contribution < -0.4 is 0 Å². The van der Waals surface area contributed by atoms with E-state index in [-0.39, 0.29) is 0 Å². The van der Waals surface area contributed by atoms with E-state index >= 15 is 0 Å². The summed E-state index contributed by atoms with van der Waals surface area (Å²) in [6.45, 7) is 3.71. The van der Waals surface area contributed by atoms with Gasteiger partial charge in [0.1, 0.15) is 0 Å². The lowest BCUT2D eigenvalue weighted by atomic mass is 9.85. The van der Waals surface area contributed by atoms with Crippen LogP contribution in [0.2, 0.25) is 0 Å². The van der Waals surface area contributed by atoms with Crippen LogP contribution in [0, 0.1) is 0 Å². The zero-order chi connectivity index (χ0) is 10.7. The van der Waals surface area contributed by atoms with Gasteiger partial charge in [-0.25, -0.2) is 0 Å². The van der Waals surface area contributed by atoms with Crippen molar-refractivity contribution in [3.8, 4) is 0 Å². The van der Waals surface area contributed by atoms with E-state index in [1.165, 1.54) is 0 Å². The Balaban J connectivity index is 1.77. The van der Waals surface area contributed by atoms with Gasteiger partial charge in [-0.3, -0.25) is 0 Å². The molecule has 2 aliphatic heterocycles. The first kappa shape index (κ1) is 11.2. The third kappa shape index (κ3) is 2.82. The second-order valence-electron chi connectivity index (χ2n) is 5.12. The van der Waals surface area contributed by atoms with Crippen LogP contribution in [0.4, 0.5) is 0 Å². The van der Waals surface area contributed by atoms with E-state index in [0.717, 1.165) is 51.4 Å². The molecule has 1 N–H and O–H groups in total. The van der Waals surface area contributed by atoms with Crippen LogP contribution in [0.1, 0.15) is 51.4 Å². The summed E-state index contributed by atoms with van der Waals surface area (Å²) in [5, 5.41) is 10.4. The first-order chi connectivity index (χ1) is 7.22. The first-order valence-electron chi connectivity index (χ1n) is 6.21. The van der Waals surface area contributed by atoms with Crippen LogP contribution in [0.5, 0.6) is 0 Å². The van der Waals surface area contributed by atoms with Crippen LogP contribution in [0.15, 0.2) is 12.7 Å². The summed E-state index contributed by atoms with van der Waals surface area (Å²) in [4.78, 5) is 0. The molecule has 0 spiro atoms. The molecule has 2 aliphatic rings. The third-order valence-electron chi connectivity index (χ3n) is 3.71. The molecule has 2 bridgehead atoms. The topological polar surface area (TPSA) is 29.5 Å². The quantitative estimate of drug-likeness (QED) is 0.558. The molecule has 0 amide bonds. The second-order valence-corrected chi connectivity index (χ2v) is 5.12. The lowest BCUT2D eigenvalue weighted by Gasteiger charge is -2.36. The molecule has 2 rings (SSSR count). The number of rotatable bonds is 5. The summed E-state index contributed by atoms with van der Waals surface area (Å²) >= 11 is 0. The molecule has 2 nitrogen and oxygen atoms in total. The summed E-state index contributed by atoms with van der Waals surface area (Å²) in [6.07, 6.45) is 10.9. The minimum absolute atomic E-state index is 0.341. The maximum atomic E-state index is 10.4. The number of hydrogen-bond acceptors (Lipinski definition) is 2. The van der Waals surface area contributed by atoms with E-state index in [0.29, 0.717) is 12.2 Å². The molecule has 2 heterocycles. The molecule has 0 aromatic carbocycles. The van der Waals surface area contributed by atoms with Crippen molar-refractivity contribution in [1.29, 1.82) is 0 Å². The number of fused-ring (bicyclic) bond motifs is 2. The number of ether oxygens (including phenoxy) is 1. The molecule has 0 aromatic rings. The Morgan fingerprint density at radius 2 is 1.93 bits per heavy atom. The molecule has 86 valence electrons. The Hall–Kier alpha value is -0.340. The Morgan fingerprint density at radius 3 is 2.53 bits per heavy atom. The smallest absolute Gasteiger partial charge is 0.0697 e. The van der Waals surface area contributed by atoms with Crippen molar-refractivity contribution in [2.24, 2.45) is 0 Å². The summed E-state index contributed by atoms with van der Waals surface area (Å²) < 4.78 is 5.74. The van der Waals surface area contributed by atoms with E-state index in [1.54, 1.807) is 0 Å². The van der Waals surface area contributed by atoms with E-state index < -0.39 is 5.60 Å². The minimum atomic E-state index is -0.425. The van der Waals surface area contributed by atoms with Gasteiger partial charge in [0.05, 0.1) is 17.8 Å². The molecule has 2 unspecified atom stereocenters. The summed E-state index contributed by atoms with van der Waals surface area (Å²) in [7, 11) is 0. The van der Waals surface area contributed by atoms with E-state index in [4.69, 9.17) is 4.74 Å². The van der Waals surface area contributed by atoms with Crippen LogP contribution >= 0.6 is 0 Å². The zero-order valence-electron chi connectivity index (χ0n) is 9.45. The van der Waals surface area contributed by atoms with Gasteiger partial charge < -0.3 is 9.84 Å². The number of aliphatic hydroxyl groups is 1. The van der Waals surface area contributed by atoms with E-state index in [1.807, 2.05) is 6.08 Å². The highest BCUT2D eigenvalue weighted by Gasteiger charge is 2.42. The van der Waals surface area contributed by atoms with Crippen molar-refractivity contribution in [2.75, 3.05) is 0 Å². The monoisotopic (exact) mass is 210 g/mol. The molecule has 2 saturated heterocycles. The van der Waals surface area contributed by atoms with Crippen molar-refractivity contribution in [1.82, 2.24) is 0 Å². The number of unbranched alkanes of at least 4 members (excludes halogenated alkanes) is 2. The summed E-state index contributed by atoms with van der Waals surface area (Å²) in [5.41, 5.74) is -0.425. The predicted molar refractivity (Wildman–Crippen MR) is 60.7 cm³/mol. The van der Waals surface area contributed by atoms with Gasteiger partial charge in [-0.2, -0.15) is 0 Å². The molecule has 0 radical (unpaired) electrons. The third-order valence-corrected chi connectivity index (χ3v) is 3.71. The molecular formula is C13H22O2. The normalized spacial score (nSPS) is 39.3. The lowest BCUT2D eigenvalue weighted by molar-refractivity contribution is -0.115. The largest absolute Gasteiger partial charge is 0.390 e. The van der Waals surface area contributed by atoms with Crippen LogP contribution in [-0.2, 0) is 4.74 Å². The Morgan fingerprint density at radius 1 is 1.27 bits per heavy atom. The highest BCUT2D eigenvalue weighted by molar-refractivity contribution is 4.94. The van der Waals surface area contributed by atoms with Crippen molar-refractivity contribution in [3.63, 3.8) is 0 Å². The Labute approximate surface area is 92.3 Å². The molecule has 2 heteroatoms. The predicted octanol–water partition coefficient (Wildman–Crippen LogP) is 2.81. The van der Waals surface area contributed by atoms with Gasteiger partial charge in [0.25, 0.3) is 0 Å². The van der Waals surface area contributed by atoms with Crippen molar-refractivity contribution in [3.05, 3.63) is 12.7 Å². The van der Waals surface area contributed by atoms with Crippen molar-refractivity contribution >= 4 is 0 Å². The van der Waals surface area contributed by atoms with Crippen molar-refractivity contribution < 1.29 is 9.84 Å². The molecular weight excluding hydrogens is 188 g/mol. The Bertz CT molecular complexity index is 213. The number of allylic oxidation sites excluding steroid dienone is 1. The number of hydrogen-bond donors (Lipinski definition) is 1. The van der Waals surface area contributed by atoms with Gasteiger partial charge in [0.2, 0.25) is 0 Å². The van der Waals surface area contributed by atoms with Crippen molar-refractivity contribution in [2.45, 2.75) is 69.2 Å². The van der Waals surface area contributed by atoms with E-state index in [9.17, 15) is 5.11 Å². The summed E-state index contributed by atoms with van der Waals surface area (Å²) in [6, 6.07) is 0. The highest BCUT2D eigenvalue weighted by atomic mass is 16.5. The summed E-state index contributed by atoms with van der Waals surface area (Å²) in [5.74, 6) is 0. The van der Waals surface area contributed by atoms with Gasteiger partial charge >= 0.3 is 0 Å². The van der Waals surface area contributed by atoms with Gasteiger partial charge in [-0.15, -0.1) is 6.58 Å². The molecule has 15 heavy (non-hydrogen) atoms. The van der Waals surface area contributed by atoms with Gasteiger partial charge in [-0.1, -0.05) is 12.5 Å². The maximum absolute atomic E-state index is 10.4. The maximum Gasteiger partial charge on any atom is 0.0697 e. The highest BCUT2D eigenvalue weighted by Crippen LogP contribution is 2.40. The molecule has 0 aliphatic carbocycles. The molecule has 2 fully saturated rings. The van der Waals surface area contributed by atoms with Crippen LogP contribution in [0.25, 0.3) is 0 Å². The molecule has 0 aromatic heterocycles. The van der Waals surface area contributed by atoms with Gasteiger partial charge in [0.15, 0.2) is 0 Å². The zero-order valence-corrected chi connectivity index (χ0v) is 9.45. The molecule has 0 saturated carbocycles. The van der Waals surface area contributed by atoms with Crippen LogP contribution in [-0.4, -0.2) is 22.9 Å². The fourth-order valence-electron chi connectivity index (χ4n) is 2.96. The fraction of sp³-hybridized carbons (Fsp3) is 0.846. The van der Waals surface area contributed by atoms with Gasteiger partial charge in [-0.05, 0) is 32.1 Å². The average Bonchev–Trinajstić information content (AvgIpc) is 2.54. The van der Waals surface area contributed by atoms with Crippen LogP contribution in [0.3, 0.4) is 0 Å².